The van der Waals surface area contributed by atoms with Gasteiger partial charge < -0.3 is 10.6 Å². The maximum Gasteiger partial charge on any atom is 0.191 e. The molecule has 0 bridgehead atoms. The standard InChI is InChI=1S/C22H33N5/c1-5-27(6-2)21(20-10-8-7-9-11-20)17-26-22(23-4)25-15-13-19-12-14-24-16-18(19)3/h7-12,14,16,21H,5-6,13,15,17H2,1-4H3,(H2,23,25,26). The van der Waals surface area contributed by atoms with Crippen LogP contribution in [0, 0.1) is 6.92 Å². The lowest BCUT2D eigenvalue weighted by atomic mass is 10.1. The smallest absolute Gasteiger partial charge is 0.191 e. The van der Waals surface area contributed by atoms with Gasteiger partial charge in [0.2, 0.25) is 0 Å². The van der Waals surface area contributed by atoms with Gasteiger partial charge in [0.15, 0.2) is 5.96 Å². The second kappa shape index (κ2) is 11.3. The molecule has 0 radical (unpaired) electrons. The summed E-state index contributed by atoms with van der Waals surface area (Å²) in [6.45, 7) is 10.2. The van der Waals surface area contributed by atoms with Gasteiger partial charge in [0, 0.05) is 32.5 Å². The summed E-state index contributed by atoms with van der Waals surface area (Å²) in [5.74, 6) is 0.842. The molecule has 0 saturated heterocycles. The van der Waals surface area contributed by atoms with E-state index in [-0.39, 0.29) is 0 Å². The van der Waals surface area contributed by atoms with Crippen molar-refractivity contribution in [1.29, 1.82) is 0 Å². The Morgan fingerprint density at radius 1 is 1.11 bits per heavy atom. The van der Waals surface area contributed by atoms with Crippen molar-refractivity contribution in [3.63, 3.8) is 0 Å². The van der Waals surface area contributed by atoms with Gasteiger partial charge in [-0.25, -0.2) is 0 Å². The minimum Gasteiger partial charge on any atom is -0.356 e. The van der Waals surface area contributed by atoms with Crippen LogP contribution in [-0.2, 0) is 6.42 Å². The van der Waals surface area contributed by atoms with E-state index in [1.165, 1.54) is 16.7 Å². The molecule has 0 spiro atoms. The van der Waals surface area contributed by atoms with Gasteiger partial charge in [-0.1, -0.05) is 44.2 Å². The Morgan fingerprint density at radius 3 is 2.48 bits per heavy atom. The zero-order chi connectivity index (χ0) is 19.5. The molecule has 1 aromatic heterocycles. The van der Waals surface area contributed by atoms with Crippen molar-refractivity contribution in [3.05, 3.63) is 65.5 Å². The van der Waals surface area contributed by atoms with Crippen molar-refractivity contribution in [2.45, 2.75) is 33.2 Å². The molecule has 1 unspecified atom stereocenters. The molecule has 0 saturated carbocycles. The molecule has 2 N–H and O–H groups in total. The molecular weight excluding hydrogens is 334 g/mol. The number of benzene rings is 1. The first-order valence-corrected chi connectivity index (χ1v) is 9.82. The second-order valence-electron chi connectivity index (χ2n) is 6.58. The average molecular weight is 368 g/mol. The summed E-state index contributed by atoms with van der Waals surface area (Å²) in [5, 5.41) is 6.93. The molecule has 1 atom stereocenters. The van der Waals surface area contributed by atoms with Crippen LogP contribution in [0.4, 0.5) is 0 Å². The van der Waals surface area contributed by atoms with Crippen LogP contribution in [-0.4, -0.2) is 49.1 Å². The lowest BCUT2D eigenvalue weighted by molar-refractivity contribution is 0.219. The van der Waals surface area contributed by atoms with Crippen molar-refractivity contribution in [2.24, 2.45) is 4.99 Å². The summed E-state index contributed by atoms with van der Waals surface area (Å²) in [6.07, 6.45) is 4.72. The number of nitrogens with one attached hydrogen (secondary N) is 2. The van der Waals surface area contributed by atoms with Crippen LogP contribution in [0.15, 0.2) is 53.8 Å². The Bertz CT molecular complexity index is 695. The molecule has 2 rings (SSSR count). The van der Waals surface area contributed by atoms with E-state index in [4.69, 9.17) is 0 Å². The zero-order valence-corrected chi connectivity index (χ0v) is 17.1. The lowest BCUT2D eigenvalue weighted by Crippen LogP contribution is -2.43. The third-order valence-electron chi connectivity index (χ3n) is 4.95. The van der Waals surface area contributed by atoms with Gasteiger partial charge in [-0.15, -0.1) is 0 Å². The van der Waals surface area contributed by atoms with Crippen molar-refractivity contribution in [3.8, 4) is 0 Å². The fraction of sp³-hybridized carbons (Fsp3) is 0.455. The Hall–Kier alpha value is -2.40. The van der Waals surface area contributed by atoms with Crippen molar-refractivity contribution in [2.75, 3.05) is 33.2 Å². The first-order valence-electron chi connectivity index (χ1n) is 9.82. The van der Waals surface area contributed by atoms with Crippen LogP contribution in [0.2, 0.25) is 0 Å². The van der Waals surface area contributed by atoms with Crippen molar-refractivity contribution >= 4 is 5.96 Å². The van der Waals surface area contributed by atoms with Gasteiger partial charge in [0.25, 0.3) is 0 Å². The Labute approximate surface area is 163 Å². The summed E-state index contributed by atoms with van der Waals surface area (Å²) < 4.78 is 0. The highest BCUT2D eigenvalue weighted by Crippen LogP contribution is 2.19. The topological polar surface area (TPSA) is 52.5 Å². The van der Waals surface area contributed by atoms with Crippen molar-refractivity contribution in [1.82, 2.24) is 20.5 Å². The van der Waals surface area contributed by atoms with Crippen LogP contribution in [0.3, 0.4) is 0 Å². The van der Waals surface area contributed by atoms with Gasteiger partial charge in [0.1, 0.15) is 0 Å². The molecule has 0 aliphatic heterocycles. The largest absolute Gasteiger partial charge is 0.356 e. The number of nitrogens with zero attached hydrogens (tertiary/aromatic N) is 3. The predicted octanol–water partition coefficient (Wildman–Crippen LogP) is 3.18. The summed E-state index contributed by atoms with van der Waals surface area (Å²) in [5.41, 5.74) is 3.88. The molecule has 0 fully saturated rings. The Morgan fingerprint density at radius 2 is 1.85 bits per heavy atom. The number of aryl methyl sites for hydroxylation is 1. The summed E-state index contributed by atoms with van der Waals surface area (Å²) in [7, 11) is 1.82. The number of aromatic nitrogens is 1. The van der Waals surface area contributed by atoms with Crippen LogP contribution >= 0.6 is 0 Å². The number of hydrogen-bond acceptors (Lipinski definition) is 3. The number of hydrogen-bond donors (Lipinski definition) is 2. The third-order valence-corrected chi connectivity index (χ3v) is 4.95. The van der Waals surface area contributed by atoms with E-state index in [0.717, 1.165) is 38.6 Å². The summed E-state index contributed by atoms with van der Waals surface area (Å²) in [6, 6.07) is 13.1. The predicted molar refractivity (Wildman–Crippen MR) is 114 cm³/mol. The lowest BCUT2D eigenvalue weighted by Gasteiger charge is -2.30. The van der Waals surface area contributed by atoms with Gasteiger partial charge in [0.05, 0.1) is 6.04 Å². The highest BCUT2D eigenvalue weighted by atomic mass is 15.2. The quantitative estimate of drug-likeness (QED) is 0.528. The highest BCUT2D eigenvalue weighted by Gasteiger charge is 2.18. The first-order chi connectivity index (χ1) is 13.2. The fourth-order valence-electron chi connectivity index (χ4n) is 3.31. The second-order valence-corrected chi connectivity index (χ2v) is 6.58. The third kappa shape index (κ3) is 6.36. The number of aliphatic imine (C=N–C) groups is 1. The van der Waals surface area contributed by atoms with E-state index in [2.05, 4.69) is 82.7 Å². The number of rotatable bonds is 9. The van der Waals surface area contributed by atoms with Gasteiger partial charge in [-0.2, -0.15) is 0 Å². The SMILES string of the molecule is CCN(CC)C(CNC(=NC)NCCc1ccncc1C)c1ccccc1. The molecule has 0 aliphatic rings. The molecule has 5 nitrogen and oxygen atoms in total. The molecular formula is C22H33N5. The summed E-state index contributed by atoms with van der Waals surface area (Å²) >= 11 is 0. The molecule has 0 amide bonds. The van der Waals surface area contributed by atoms with E-state index in [0.29, 0.717) is 6.04 Å². The van der Waals surface area contributed by atoms with Crippen LogP contribution in [0.25, 0.3) is 0 Å². The van der Waals surface area contributed by atoms with Gasteiger partial charge in [-0.3, -0.25) is 14.9 Å². The van der Waals surface area contributed by atoms with Gasteiger partial charge >= 0.3 is 0 Å². The van der Waals surface area contributed by atoms with E-state index < -0.39 is 0 Å². The van der Waals surface area contributed by atoms with Crippen LogP contribution < -0.4 is 10.6 Å². The Kier molecular flexibility index (Phi) is 8.78. The van der Waals surface area contributed by atoms with Crippen LogP contribution in [0.1, 0.15) is 36.6 Å². The fourth-order valence-corrected chi connectivity index (χ4v) is 3.31. The highest BCUT2D eigenvalue weighted by molar-refractivity contribution is 5.79. The number of guanidine groups is 1. The van der Waals surface area contributed by atoms with E-state index in [1.54, 1.807) is 0 Å². The zero-order valence-electron chi connectivity index (χ0n) is 17.1. The summed E-state index contributed by atoms with van der Waals surface area (Å²) in [4.78, 5) is 11.0. The Balaban J connectivity index is 1.92. The van der Waals surface area contributed by atoms with E-state index >= 15 is 0 Å². The van der Waals surface area contributed by atoms with E-state index in [9.17, 15) is 0 Å². The molecule has 27 heavy (non-hydrogen) atoms. The van der Waals surface area contributed by atoms with E-state index in [1.807, 2.05) is 19.4 Å². The molecule has 146 valence electrons. The van der Waals surface area contributed by atoms with Crippen LogP contribution in [0.5, 0.6) is 0 Å². The van der Waals surface area contributed by atoms with Gasteiger partial charge in [-0.05, 0) is 49.2 Å². The first kappa shape index (κ1) is 20.9. The molecule has 0 aliphatic carbocycles. The number of pyridine rings is 1. The molecule has 1 aromatic carbocycles. The van der Waals surface area contributed by atoms with Crippen molar-refractivity contribution < 1.29 is 0 Å². The molecule has 5 heteroatoms. The minimum absolute atomic E-state index is 0.321. The molecule has 1 heterocycles. The number of likely N-dealkylation sites (N-methyl/N-ethyl adjacent to an activating group) is 1. The minimum atomic E-state index is 0.321. The average Bonchev–Trinajstić information content (AvgIpc) is 2.71. The maximum absolute atomic E-state index is 4.38. The molecule has 2 aromatic rings. The normalized spacial score (nSPS) is 12.9. The monoisotopic (exact) mass is 367 g/mol. The maximum atomic E-state index is 4.38.